The number of amides is 1. The van der Waals surface area contributed by atoms with Crippen LogP contribution < -0.4 is 10.7 Å². The molecule has 5 nitrogen and oxygen atoms in total. The van der Waals surface area contributed by atoms with E-state index in [2.05, 4.69) is 17.2 Å². The first-order chi connectivity index (χ1) is 12.5. The van der Waals surface area contributed by atoms with Crippen LogP contribution in [0.2, 0.25) is 0 Å². The van der Waals surface area contributed by atoms with Crippen LogP contribution in [0.3, 0.4) is 0 Å². The lowest BCUT2D eigenvalue weighted by atomic mass is 10.1. The van der Waals surface area contributed by atoms with Gasteiger partial charge in [0.05, 0.1) is 5.39 Å². The van der Waals surface area contributed by atoms with E-state index in [-0.39, 0.29) is 16.9 Å². The van der Waals surface area contributed by atoms with Crippen molar-refractivity contribution in [2.75, 3.05) is 5.32 Å². The fraction of sp³-hybridized carbons (Fsp3) is 0.286. The van der Waals surface area contributed by atoms with Crippen molar-refractivity contribution >= 4 is 22.6 Å². The number of anilines is 1. The SMILES string of the molecule is CCCn1cc(C(=O)Nc2ccccc2CC)c(=O)c2ccc(C)nc21. The number of aryl methyl sites for hydroxylation is 3. The van der Waals surface area contributed by atoms with Crippen molar-refractivity contribution in [2.45, 2.75) is 40.2 Å². The highest BCUT2D eigenvalue weighted by molar-refractivity contribution is 6.05. The fourth-order valence-electron chi connectivity index (χ4n) is 3.07. The van der Waals surface area contributed by atoms with Crippen molar-refractivity contribution < 1.29 is 4.79 Å². The number of pyridine rings is 2. The number of carbonyl (C=O) groups excluding carboxylic acids is 1. The third kappa shape index (κ3) is 3.38. The molecule has 1 amide bonds. The molecule has 134 valence electrons. The van der Waals surface area contributed by atoms with Gasteiger partial charge in [-0.15, -0.1) is 0 Å². The van der Waals surface area contributed by atoms with Crippen LogP contribution >= 0.6 is 0 Å². The van der Waals surface area contributed by atoms with E-state index in [1.54, 1.807) is 18.3 Å². The molecule has 2 heterocycles. The zero-order chi connectivity index (χ0) is 18.7. The smallest absolute Gasteiger partial charge is 0.261 e. The third-order valence-corrected chi connectivity index (χ3v) is 4.42. The molecule has 0 radical (unpaired) electrons. The molecule has 3 aromatic rings. The van der Waals surface area contributed by atoms with Crippen LogP contribution in [-0.4, -0.2) is 15.5 Å². The topological polar surface area (TPSA) is 64.0 Å². The summed E-state index contributed by atoms with van der Waals surface area (Å²) in [4.78, 5) is 30.2. The zero-order valence-electron chi connectivity index (χ0n) is 15.4. The minimum Gasteiger partial charge on any atom is -0.331 e. The number of hydrogen-bond acceptors (Lipinski definition) is 3. The van der Waals surface area contributed by atoms with Gasteiger partial charge in [-0.3, -0.25) is 9.59 Å². The lowest BCUT2D eigenvalue weighted by molar-refractivity contribution is 0.102. The molecule has 0 aliphatic rings. The maximum Gasteiger partial charge on any atom is 0.261 e. The number of rotatable bonds is 5. The Morgan fingerprint density at radius 2 is 1.92 bits per heavy atom. The molecule has 1 aromatic carbocycles. The van der Waals surface area contributed by atoms with Crippen LogP contribution in [0.15, 0.2) is 47.4 Å². The summed E-state index contributed by atoms with van der Waals surface area (Å²) in [6, 6.07) is 11.2. The second kappa shape index (κ2) is 7.52. The summed E-state index contributed by atoms with van der Waals surface area (Å²) in [5.41, 5.74) is 3.10. The predicted octanol–water partition coefficient (Wildman–Crippen LogP) is 3.93. The molecular weight excluding hydrogens is 326 g/mol. The van der Waals surface area contributed by atoms with E-state index in [1.807, 2.05) is 42.7 Å². The lowest BCUT2D eigenvalue weighted by Crippen LogP contribution is -2.24. The van der Waals surface area contributed by atoms with Crippen molar-refractivity contribution in [1.29, 1.82) is 0 Å². The molecule has 0 unspecified atom stereocenters. The van der Waals surface area contributed by atoms with Crippen LogP contribution in [0, 0.1) is 6.92 Å². The van der Waals surface area contributed by atoms with Crippen molar-refractivity contribution in [2.24, 2.45) is 0 Å². The van der Waals surface area contributed by atoms with E-state index in [4.69, 9.17) is 0 Å². The lowest BCUT2D eigenvalue weighted by Gasteiger charge is -2.13. The standard InChI is InChI=1S/C21H23N3O2/c1-4-12-24-13-17(19(25)16-11-10-14(3)22-20(16)24)21(26)23-18-9-7-6-8-15(18)5-2/h6-11,13H,4-5,12H2,1-3H3,(H,23,26). The largest absolute Gasteiger partial charge is 0.331 e. The van der Waals surface area contributed by atoms with Crippen LogP contribution in [0.5, 0.6) is 0 Å². The number of nitrogens with one attached hydrogen (secondary N) is 1. The zero-order valence-corrected chi connectivity index (χ0v) is 15.4. The molecule has 0 atom stereocenters. The van der Waals surface area contributed by atoms with E-state index in [9.17, 15) is 9.59 Å². The number of fused-ring (bicyclic) bond motifs is 1. The molecule has 0 saturated carbocycles. The molecule has 5 heteroatoms. The van der Waals surface area contributed by atoms with Crippen molar-refractivity contribution in [3.63, 3.8) is 0 Å². The highest BCUT2D eigenvalue weighted by atomic mass is 16.2. The average molecular weight is 349 g/mol. The van der Waals surface area contributed by atoms with Crippen molar-refractivity contribution in [1.82, 2.24) is 9.55 Å². The second-order valence-corrected chi connectivity index (χ2v) is 6.35. The van der Waals surface area contributed by atoms with Gasteiger partial charge in [0.2, 0.25) is 5.43 Å². The van der Waals surface area contributed by atoms with Gasteiger partial charge < -0.3 is 9.88 Å². The van der Waals surface area contributed by atoms with E-state index in [0.717, 1.165) is 29.8 Å². The minimum atomic E-state index is -0.386. The molecule has 3 rings (SSSR count). The number of hydrogen-bond donors (Lipinski definition) is 1. The van der Waals surface area contributed by atoms with Crippen LogP contribution in [-0.2, 0) is 13.0 Å². The third-order valence-electron chi connectivity index (χ3n) is 4.42. The average Bonchev–Trinajstić information content (AvgIpc) is 2.64. The van der Waals surface area contributed by atoms with Crippen LogP contribution in [0.25, 0.3) is 11.0 Å². The Labute approximate surface area is 152 Å². The predicted molar refractivity (Wildman–Crippen MR) is 105 cm³/mol. The molecule has 2 aromatic heterocycles. The summed E-state index contributed by atoms with van der Waals surface area (Å²) in [6.07, 6.45) is 3.31. The summed E-state index contributed by atoms with van der Waals surface area (Å²) >= 11 is 0. The van der Waals surface area contributed by atoms with Gasteiger partial charge in [0, 0.05) is 24.1 Å². The van der Waals surface area contributed by atoms with Crippen molar-refractivity contribution in [3.05, 3.63) is 69.6 Å². The quantitative estimate of drug-likeness (QED) is 0.759. The summed E-state index contributed by atoms with van der Waals surface area (Å²) in [5, 5.41) is 3.36. The highest BCUT2D eigenvalue weighted by Crippen LogP contribution is 2.17. The van der Waals surface area contributed by atoms with E-state index in [1.165, 1.54) is 0 Å². The van der Waals surface area contributed by atoms with Crippen molar-refractivity contribution in [3.8, 4) is 0 Å². The monoisotopic (exact) mass is 349 g/mol. The van der Waals surface area contributed by atoms with Gasteiger partial charge in [-0.05, 0) is 43.5 Å². The number of nitrogens with zero attached hydrogens (tertiary/aromatic N) is 2. The Morgan fingerprint density at radius 3 is 2.65 bits per heavy atom. The molecule has 0 bridgehead atoms. The number of aromatic nitrogens is 2. The van der Waals surface area contributed by atoms with Crippen LogP contribution in [0.4, 0.5) is 5.69 Å². The van der Waals surface area contributed by atoms with Gasteiger partial charge in [0.1, 0.15) is 11.2 Å². The van der Waals surface area contributed by atoms with Gasteiger partial charge >= 0.3 is 0 Å². The Morgan fingerprint density at radius 1 is 1.15 bits per heavy atom. The Bertz CT molecular complexity index is 1020. The van der Waals surface area contributed by atoms with Crippen LogP contribution in [0.1, 0.15) is 41.9 Å². The molecule has 0 aliphatic carbocycles. The summed E-state index contributed by atoms with van der Waals surface area (Å²) in [6.45, 7) is 6.67. The number of carbonyl (C=O) groups is 1. The Balaban J connectivity index is 2.09. The highest BCUT2D eigenvalue weighted by Gasteiger charge is 2.17. The Hall–Kier alpha value is -2.95. The molecule has 26 heavy (non-hydrogen) atoms. The summed E-state index contributed by atoms with van der Waals surface area (Å²) in [7, 11) is 0. The normalized spacial score (nSPS) is 10.9. The van der Waals surface area contributed by atoms with Gasteiger partial charge in [-0.25, -0.2) is 4.98 Å². The molecule has 0 saturated heterocycles. The molecule has 0 spiro atoms. The summed E-state index contributed by atoms with van der Waals surface area (Å²) in [5.74, 6) is -0.386. The number of para-hydroxylation sites is 1. The van der Waals surface area contributed by atoms with Gasteiger partial charge in [-0.2, -0.15) is 0 Å². The Kier molecular flexibility index (Phi) is 5.16. The molecule has 1 N–H and O–H groups in total. The van der Waals surface area contributed by atoms with Gasteiger partial charge in [-0.1, -0.05) is 32.0 Å². The first-order valence-corrected chi connectivity index (χ1v) is 8.95. The maximum absolute atomic E-state index is 12.9. The molecule has 0 aliphatic heterocycles. The fourth-order valence-corrected chi connectivity index (χ4v) is 3.07. The van der Waals surface area contributed by atoms with E-state index in [0.29, 0.717) is 17.6 Å². The first kappa shape index (κ1) is 17.9. The van der Waals surface area contributed by atoms with E-state index < -0.39 is 0 Å². The molecule has 0 fully saturated rings. The maximum atomic E-state index is 12.9. The number of benzene rings is 1. The van der Waals surface area contributed by atoms with Gasteiger partial charge in [0.15, 0.2) is 0 Å². The first-order valence-electron chi connectivity index (χ1n) is 8.95. The summed E-state index contributed by atoms with van der Waals surface area (Å²) < 4.78 is 1.89. The second-order valence-electron chi connectivity index (χ2n) is 6.35. The molecular formula is C21H23N3O2. The minimum absolute atomic E-state index is 0.141. The van der Waals surface area contributed by atoms with Gasteiger partial charge in [0.25, 0.3) is 5.91 Å². The van der Waals surface area contributed by atoms with E-state index >= 15 is 0 Å².